The number of aliphatic hydroxyl groups is 1. The molecule has 0 saturated carbocycles. The quantitative estimate of drug-likeness (QED) is 0.776. The Hall–Kier alpha value is -1.66. The highest BCUT2D eigenvalue weighted by Crippen LogP contribution is 2.12. The average Bonchev–Trinajstić information content (AvgIpc) is 2.49. The number of hydrogen-bond donors (Lipinski definition) is 3. The number of likely N-dealkylation sites (tertiary alicyclic amines) is 1. The Morgan fingerprint density at radius 3 is 2.57 bits per heavy atom. The minimum Gasteiger partial charge on any atom is -0.396 e. The van der Waals surface area contributed by atoms with Crippen LogP contribution in [0.4, 0.5) is 14.9 Å². The number of nitrogens with zero attached hydrogens (tertiary/aromatic N) is 1. The number of benzene rings is 1. The van der Waals surface area contributed by atoms with Crippen molar-refractivity contribution in [1.29, 1.82) is 0 Å². The van der Waals surface area contributed by atoms with E-state index in [0.717, 1.165) is 38.9 Å². The summed E-state index contributed by atoms with van der Waals surface area (Å²) >= 11 is 0. The number of nitrogens with one attached hydrogen (secondary N) is 2. The molecule has 1 saturated heterocycles. The number of carbonyl (C=O) groups is 1. The summed E-state index contributed by atoms with van der Waals surface area (Å²) in [4.78, 5) is 14.2. The van der Waals surface area contributed by atoms with E-state index in [-0.39, 0.29) is 24.5 Å². The maximum atomic E-state index is 12.8. The first kappa shape index (κ1) is 15.7. The molecule has 1 fully saturated rings. The number of piperidine rings is 1. The molecule has 0 atom stereocenters. The van der Waals surface area contributed by atoms with Gasteiger partial charge in [0.1, 0.15) is 5.82 Å². The summed E-state index contributed by atoms with van der Waals surface area (Å²) < 4.78 is 12.8. The molecule has 0 spiro atoms. The Kier molecular flexibility index (Phi) is 5.95. The summed E-state index contributed by atoms with van der Waals surface area (Å²) in [6.45, 7) is 2.99. The van der Waals surface area contributed by atoms with Crippen molar-refractivity contribution in [3.8, 4) is 0 Å². The summed E-state index contributed by atoms with van der Waals surface area (Å²) in [7, 11) is 0. The van der Waals surface area contributed by atoms with Gasteiger partial charge in [-0.05, 0) is 43.5 Å². The molecule has 0 aliphatic carbocycles. The predicted molar refractivity (Wildman–Crippen MR) is 79.7 cm³/mol. The van der Waals surface area contributed by atoms with Crippen LogP contribution >= 0.6 is 0 Å². The van der Waals surface area contributed by atoms with E-state index in [9.17, 15) is 9.18 Å². The van der Waals surface area contributed by atoms with Crippen LogP contribution in [0.15, 0.2) is 24.3 Å². The smallest absolute Gasteiger partial charge is 0.319 e. The van der Waals surface area contributed by atoms with Crippen LogP contribution in [0.1, 0.15) is 19.3 Å². The topological polar surface area (TPSA) is 64.6 Å². The highest BCUT2D eigenvalue weighted by atomic mass is 19.1. The van der Waals surface area contributed by atoms with E-state index in [4.69, 9.17) is 5.11 Å². The molecular formula is C15H22FN3O2. The van der Waals surface area contributed by atoms with E-state index in [2.05, 4.69) is 15.5 Å². The van der Waals surface area contributed by atoms with Crippen molar-refractivity contribution in [3.63, 3.8) is 0 Å². The molecule has 5 nitrogen and oxygen atoms in total. The summed E-state index contributed by atoms with van der Waals surface area (Å²) in [6.07, 6.45) is 2.60. The number of hydrogen-bond acceptors (Lipinski definition) is 3. The lowest BCUT2D eigenvalue weighted by Crippen LogP contribution is -2.46. The number of amides is 2. The fraction of sp³-hybridized carbons (Fsp3) is 0.533. The Morgan fingerprint density at radius 2 is 1.95 bits per heavy atom. The molecule has 2 amide bonds. The number of carbonyl (C=O) groups excluding carboxylic acids is 1. The van der Waals surface area contributed by atoms with Crippen LogP contribution in [0.2, 0.25) is 0 Å². The number of rotatable bonds is 5. The van der Waals surface area contributed by atoms with Crippen molar-refractivity contribution in [2.45, 2.75) is 25.3 Å². The number of aliphatic hydroxyl groups excluding tert-OH is 1. The van der Waals surface area contributed by atoms with Crippen molar-refractivity contribution in [1.82, 2.24) is 10.2 Å². The zero-order valence-corrected chi connectivity index (χ0v) is 12.0. The van der Waals surface area contributed by atoms with Crippen molar-refractivity contribution >= 4 is 11.7 Å². The molecule has 21 heavy (non-hydrogen) atoms. The van der Waals surface area contributed by atoms with E-state index in [1.165, 1.54) is 24.3 Å². The zero-order chi connectivity index (χ0) is 15.1. The van der Waals surface area contributed by atoms with Gasteiger partial charge in [0, 0.05) is 38.0 Å². The molecule has 0 bridgehead atoms. The van der Waals surface area contributed by atoms with Crippen LogP contribution in [-0.4, -0.2) is 48.3 Å². The lowest BCUT2D eigenvalue weighted by molar-refractivity contribution is 0.178. The Balaban J connectivity index is 1.70. The molecule has 1 heterocycles. The fourth-order valence-corrected chi connectivity index (χ4v) is 2.48. The van der Waals surface area contributed by atoms with Gasteiger partial charge < -0.3 is 20.6 Å². The number of urea groups is 1. The highest BCUT2D eigenvalue weighted by Gasteiger charge is 2.20. The molecule has 116 valence electrons. The summed E-state index contributed by atoms with van der Waals surface area (Å²) in [5, 5.41) is 14.4. The first-order valence-corrected chi connectivity index (χ1v) is 7.33. The van der Waals surface area contributed by atoms with Gasteiger partial charge in [-0.3, -0.25) is 0 Å². The SMILES string of the molecule is O=C(Nc1ccc(F)cc1)NC1CCN(CCCO)CC1. The molecule has 2 rings (SSSR count). The monoisotopic (exact) mass is 295 g/mol. The molecule has 1 aliphatic rings. The molecule has 1 aromatic rings. The first-order chi connectivity index (χ1) is 10.2. The average molecular weight is 295 g/mol. The Morgan fingerprint density at radius 1 is 1.29 bits per heavy atom. The van der Waals surface area contributed by atoms with Gasteiger partial charge in [0.15, 0.2) is 0 Å². The van der Waals surface area contributed by atoms with E-state index >= 15 is 0 Å². The summed E-state index contributed by atoms with van der Waals surface area (Å²) in [6, 6.07) is 5.61. The standard InChI is InChI=1S/C15H22FN3O2/c16-12-2-4-13(5-3-12)17-15(21)18-14-6-9-19(10-7-14)8-1-11-20/h2-5,14,20H,1,6-11H2,(H2,17,18,21). The van der Waals surface area contributed by atoms with Crippen LogP contribution in [0, 0.1) is 5.82 Å². The Labute approximate surface area is 124 Å². The van der Waals surface area contributed by atoms with Crippen LogP contribution in [0.3, 0.4) is 0 Å². The van der Waals surface area contributed by atoms with E-state index in [1.54, 1.807) is 0 Å². The molecule has 1 aliphatic heterocycles. The minimum absolute atomic E-state index is 0.163. The van der Waals surface area contributed by atoms with E-state index in [1.807, 2.05) is 0 Å². The summed E-state index contributed by atoms with van der Waals surface area (Å²) in [5.74, 6) is -0.323. The van der Waals surface area contributed by atoms with Crippen LogP contribution < -0.4 is 10.6 Å². The molecule has 0 aromatic heterocycles. The Bertz CT molecular complexity index is 445. The van der Waals surface area contributed by atoms with Gasteiger partial charge >= 0.3 is 6.03 Å². The van der Waals surface area contributed by atoms with Gasteiger partial charge in [-0.2, -0.15) is 0 Å². The van der Waals surface area contributed by atoms with Crippen LogP contribution in [0.25, 0.3) is 0 Å². The second kappa shape index (κ2) is 7.95. The fourth-order valence-electron chi connectivity index (χ4n) is 2.48. The minimum atomic E-state index is -0.323. The van der Waals surface area contributed by atoms with Gasteiger partial charge in [-0.25, -0.2) is 9.18 Å². The molecule has 0 radical (unpaired) electrons. The van der Waals surface area contributed by atoms with Gasteiger partial charge in [0.2, 0.25) is 0 Å². The van der Waals surface area contributed by atoms with Gasteiger partial charge in [0.05, 0.1) is 0 Å². The third-order valence-electron chi connectivity index (χ3n) is 3.66. The lowest BCUT2D eigenvalue weighted by atomic mass is 10.1. The van der Waals surface area contributed by atoms with Gasteiger partial charge in [-0.15, -0.1) is 0 Å². The first-order valence-electron chi connectivity index (χ1n) is 7.33. The van der Waals surface area contributed by atoms with Crippen LogP contribution in [0.5, 0.6) is 0 Å². The largest absolute Gasteiger partial charge is 0.396 e. The molecule has 3 N–H and O–H groups in total. The van der Waals surface area contributed by atoms with Crippen molar-refractivity contribution < 1.29 is 14.3 Å². The number of halogens is 1. The second-order valence-corrected chi connectivity index (χ2v) is 5.30. The van der Waals surface area contributed by atoms with Crippen molar-refractivity contribution in [2.24, 2.45) is 0 Å². The van der Waals surface area contributed by atoms with E-state index < -0.39 is 0 Å². The maximum Gasteiger partial charge on any atom is 0.319 e. The maximum absolute atomic E-state index is 12.8. The van der Waals surface area contributed by atoms with Gasteiger partial charge in [-0.1, -0.05) is 0 Å². The highest BCUT2D eigenvalue weighted by molar-refractivity contribution is 5.89. The predicted octanol–water partition coefficient (Wildman–Crippen LogP) is 1.79. The van der Waals surface area contributed by atoms with Crippen LogP contribution in [-0.2, 0) is 0 Å². The number of anilines is 1. The third kappa shape index (κ3) is 5.32. The van der Waals surface area contributed by atoms with E-state index in [0.29, 0.717) is 5.69 Å². The molecular weight excluding hydrogens is 273 g/mol. The molecule has 0 unspecified atom stereocenters. The lowest BCUT2D eigenvalue weighted by Gasteiger charge is -2.32. The van der Waals surface area contributed by atoms with Gasteiger partial charge in [0.25, 0.3) is 0 Å². The molecule has 6 heteroatoms. The molecule has 1 aromatic carbocycles. The third-order valence-corrected chi connectivity index (χ3v) is 3.66. The van der Waals surface area contributed by atoms with Crippen molar-refractivity contribution in [3.05, 3.63) is 30.1 Å². The zero-order valence-electron chi connectivity index (χ0n) is 12.0. The normalized spacial score (nSPS) is 16.7. The summed E-state index contributed by atoms with van der Waals surface area (Å²) in [5.41, 5.74) is 0.578. The van der Waals surface area contributed by atoms with Crippen molar-refractivity contribution in [2.75, 3.05) is 31.6 Å². The second-order valence-electron chi connectivity index (χ2n) is 5.30.